The van der Waals surface area contributed by atoms with E-state index in [1.807, 2.05) is 30.3 Å². The molecule has 6 nitrogen and oxygen atoms in total. The van der Waals surface area contributed by atoms with E-state index in [1.54, 1.807) is 17.0 Å². The number of urea groups is 1. The van der Waals surface area contributed by atoms with Gasteiger partial charge in [0.1, 0.15) is 0 Å². The number of sulfonamides is 1. The molecule has 3 rings (SSSR count). The topological polar surface area (TPSA) is 92.5 Å². The molecule has 0 fully saturated rings. The number of primary sulfonamides is 1. The van der Waals surface area contributed by atoms with E-state index in [2.05, 4.69) is 5.32 Å². The summed E-state index contributed by atoms with van der Waals surface area (Å²) in [6.45, 7) is 0.942. The van der Waals surface area contributed by atoms with Crippen LogP contribution < -0.4 is 10.5 Å². The van der Waals surface area contributed by atoms with Crippen molar-refractivity contribution in [2.24, 2.45) is 5.14 Å². The number of carbonyl (C=O) groups is 1. The second kappa shape index (κ2) is 6.02. The standard InChI is InChI=1S/C16H17N3O3S/c17-23(21,22)15-7-6-12-8-9-19(11-13(12)10-15)16(20)18-14-4-2-1-3-5-14/h1-7,10H,8-9,11H2,(H,18,20)(H2,17,21,22). The SMILES string of the molecule is NS(=O)(=O)c1ccc2c(c1)CN(C(=O)Nc1ccccc1)CC2. The van der Waals surface area contributed by atoms with Gasteiger partial charge in [-0.1, -0.05) is 24.3 Å². The van der Waals surface area contributed by atoms with E-state index in [0.717, 1.165) is 16.8 Å². The van der Waals surface area contributed by atoms with Crippen molar-refractivity contribution in [2.45, 2.75) is 17.9 Å². The van der Waals surface area contributed by atoms with Crippen LogP contribution in [0.3, 0.4) is 0 Å². The zero-order valence-corrected chi connectivity index (χ0v) is 13.2. The average molecular weight is 331 g/mol. The Bertz CT molecular complexity index is 835. The maximum Gasteiger partial charge on any atom is 0.322 e. The van der Waals surface area contributed by atoms with Crippen LogP contribution in [0.5, 0.6) is 0 Å². The number of rotatable bonds is 2. The highest BCUT2D eigenvalue weighted by Crippen LogP contribution is 2.22. The number of carbonyl (C=O) groups excluding carboxylic acids is 1. The Labute approximate surface area is 135 Å². The van der Waals surface area contributed by atoms with Crippen molar-refractivity contribution in [1.82, 2.24) is 4.90 Å². The van der Waals surface area contributed by atoms with Gasteiger partial charge in [-0.25, -0.2) is 18.4 Å². The molecule has 3 N–H and O–H groups in total. The van der Waals surface area contributed by atoms with Crippen LogP contribution in [0.1, 0.15) is 11.1 Å². The Morgan fingerprint density at radius 1 is 1.09 bits per heavy atom. The summed E-state index contributed by atoms with van der Waals surface area (Å²) in [5, 5.41) is 8.00. The van der Waals surface area contributed by atoms with E-state index in [-0.39, 0.29) is 10.9 Å². The number of benzene rings is 2. The van der Waals surface area contributed by atoms with E-state index < -0.39 is 10.0 Å². The van der Waals surface area contributed by atoms with Crippen LogP contribution in [0, 0.1) is 0 Å². The van der Waals surface area contributed by atoms with Gasteiger partial charge in [0.05, 0.1) is 4.90 Å². The molecule has 2 aromatic rings. The molecule has 1 aliphatic rings. The van der Waals surface area contributed by atoms with Crippen LogP contribution in [0.4, 0.5) is 10.5 Å². The second-order valence-corrected chi connectivity index (χ2v) is 7.00. The zero-order chi connectivity index (χ0) is 16.4. The van der Waals surface area contributed by atoms with Crippen molar-refractivity contribution in [3.05, 3.63) is 59.7 Å². The number of nitrogens with zero attached hydrogens (tertiary/aromatic N) is 1. The molecular weight excluding hydrogens is 314 g/mol. The summed E-state index contributed by atoms with van der Waals surface area (Å²) in [5.41, 5.74) is 2.58. The summed E-state index contributed by atoms with van der Waals surface area (Å²) >= 11 is 0. The molecular formula is C16H17N3O3S. The molecule has 1 aliphatic heterocycles. The lowest BCUT2D eigenvalue weighted by atomic mass is 10.0. The van der Waals surface area contributed by atoms with Crippen LogP contribution >= 0.6 is 0 Å². The van der Waals surface area contributed by atoms with Crippen LogP contribution in [0.25, 0.3) is 0 Å². The zero-order valence-electron chi connectivity index (χ0n) is 12.4. The molecule has 0 saturated carbocycles. The molecule has 0 aliphatic carbocycles. The molecule has 0 saturated heterocycles. The number of fused-ring (bicyclic) bond motifs is 1. The molecule has 0 bridgehead atoms. The third kappa shape index (κ3) is 3.52. The number of hydrogen-bond donors (Lipinski definition) is 2. The van der Waals surface area contributed by atoms with Gasteiger partial charge in [-0.15, -0.1) is 0 Å². The molecule has 1 heterocycles. The summed E-state index contributed by atoms with van der Waals surface area (Å²) in [7, 11) is -3.74. The van der Waals surface area contributed by atoms with Gasteiger partial charge in [-0.3, -0.25) is 0 Å². The lowest BCUT2D eigenvalue weighted by molar-refractivity contribution is 0.206. The van der Waals surface area contributed by atoms with Crippen molar-refractivity contribution >= 4 is 21.7 Å². The summed E-state index contributed by atoms with van der Waals surface area (Å²) in [6, 6.07) is 13.8. The van der Waals surface area contributed by atoms with Crippen LogP contribution in [0.15, 0.2) is 53.4 Å². The number of amides is 2. The molecule has 0 radical (unpaired) electrons. The van der Waals surface area contributed by atoms with Gasteiger partial charge < -0.3 is 10.2 Å². The van der Waals surface area contributed by atoms with Crippen molar-refractivity contribution in [3.8, 4) is 0 Å². The van der Waals surface area contributed by atoms with Gasteiger partial charge in [0.2, 0.25) is 10.0 Å². The van der Waals surface area contributed by atoms with Gasteiger partial charge >= 0.3 is 6.03 Å². The Kier molecular flexibility index (Phi) is 4.06. The first-order valence-electron chi connectivity index (χ1n) is 7.19. The Balaban J connectivity index is 1.78. The lowest BCUT2D eigenvalue weighted by Crippen LogP contribution is -2.39. The minimum absolute atomic E-state index is 0.0709. The first-order valence-corrected chi connectivity index (χ1v) is 8.74. The second-order valence-electron chi connectivity index (χ2n) is 5.44. The highest BCUT2D eigenvalue weighted by Gasteiger charge is 2.22. The smallest absolute Gasteiger partial charge is 0.320 e. The first-order chi connectivity index (χ1) is 10.9. The number of anilines is 1. The van der Waals surface area contributed by atoms with Gasteiger partial charge in [0.15, 0.2) is 0 Å². The largest absolute Gasteiger partial charge is 0.322 e. The summed E-state index contributed by atoms with van der Waals surface area (Å²) in [5.74, 6) is 0. The highest BCUT2D eigenvalue weighted by atomic mass is 32.2. The quantitative estimate of drug-likeness (QED) is 0.880. The van der Waals surface area contributed by atoms with Gasteiger partial charge in [0.25, 0.3) is 0 Å². The van der Waals surface area contributed by atoms with Crippen molar-refractivity contribution in [3.63, 3.8) is 0 Å². The summed E-state index contributed by atoms with van der Waals surface area (Å²) < 4.78 is 22.9. The fourth-order valence-electron chi connectivity index (χ4n) is 2.61. The van der Waals surface area contributed by atoms with E-state index in [1.165, 1.54) is 6.07 Å². The molecule has 2 aromatic carbocycles. The monoisotopic (exact) mass is 331 g/mol. The molecule has 0 spiro atoms. The lowest BCUT2D eigenvalue weighted by Gasteiger charge is -2.29. The van der Waals surface area contributed by atoms with E-state index in [0.29, 0.717) is 19.5 Å². The van der Waals surface area contributed by atoms with E-state index in [9.17, 15) is 13.2 Å². The van der Waals surface area contributed by atoms with Crippen LogP contribution in [-0.4, -0.2) is 25.9 Å². The average Bonchev–Trinajstić information content (AvgIpc) is 2.54. The Hall–Kier alpha value is -2.38. The predicted octanol–water partition coefficient (Wildman–Crippen LogP) is 1.92. The fourth-order valence-corrected chi connectivity index (χ4v) is 3.17. The third-order valence-electron chi connectivity index (χ3n) is 3.83. The fraction of sp³-hybridized carbons (Fsp3) is 0.188. The highest BCUT2D eigenvalue weighted by molar-refractivity contribution is 7.89. The minimum Gasteiger partial charge on any atom is -0.320 e. The maximum atomic E-state index is 12.3. The van der Waals surface area contributed by atoms with Crippen molar-refractivity contribution in [1.29, 1.82) is 0 Å². The molecule has 7 heteroatoms. The normalized spacial score (nSPS) is 14.2. The van der Waals surface area contributed by atoms with Gasteiger partial charge in [-0.05, 0) is 41.8 Å². The molecule has 2 amide bonds. The number of nitrogens with one attached hydrogen (secondary N) is 1. The minimum atomic E-state index is -3.74. The Morgan fingerprint density at radius 2 is 1.83 bits per heavy atom. The third-order valence-corrected chi connectivity index (χ3v) is 4.74. The molecule has 0 aromatic heterocycles. The first kappa shape index (κ1) is 15.5. The predicted molar refractivity (Wildman–Crippen MR) is 87.4 cm³/mol. The number of para-hydroxylation sites is 1. The molecule has 0 atom stereocenters. The molecule has 120 valence electrons. The van der Waals surface area contributed by atoms with Crippen LogP contribution in [-0.2, 0) is 23.0 Å². The van der Waals surface area contributed by atoms with E-state index >= 15 is 0 Å². The number of hydrogen-bond acceptors (Lipinski definition) is 3. The van der Waals surface area contributed by atoms with E-state index in [4.69, 9.17) is 5.14 Å². The summed E-state index contributed by atoms with van der Waals surface area (Å²) in [4.78, 5) is 14.1. The maximum absolute atomic E-state index is 12.3. The summed E-state index contributed by atoms with van der Waals surface area (Å²) in [6.07, 6.45) is 0.683. The van der Waals surface area contributed by atoms with Crippen molar-refractivity contribution in [2.75, 3.05) is 11.9 Å². The molecule has 0 unspecified atom stereocenters. The van der Waals surface area contributed by atoms with Gasteiger partial charge in [0, 0.05) is 18.8 Å². The number of nitrogens with two attached hydrogens (primary N) is 1. The van der Waals surface area contributed by atoms with Gasteiger partial charge in [-0.2, -0.15) is 0 Å². The molecule has 23 heavy (non-hydrogen) atoms. The van der Waals surface area contributed by atoms with Crippen LogP contribution in [0.2, 0.25) is 0 Å². The Morgan fingerprint density at radius 3 is 2.52 bits per heavy atom. The van der Waals surface area contributed by atoms with Crippen molar-refractivity contribution < 1.29 is 13.2 Å².